The molecule has 0 bridgehead atoms. The number of rotatable bonds is 18. The molecule has 232 valence electrons. The number of aromatic amines is 2. The van der Waals surface area contributed by atoms with Gasteiger partial charge in [0.2, 0.25) is 17.7 Å². The van der Waals surface area contributed by atoms with Crippen molar-refractivity contribution in [2.75, 3.05) is 6.54 Å². The predicted molar refractivity (Wildman–Crippen MR) is 155 cm³/mol. The van der Waals surface area contributed by atoms with E-state index in [-0.39, 0.29) is 32.1 Å². The molecule has 15 nitrogen and oxygen atoms in total. The van der Waals surface area contributed by atoms with Gasteiger partial charge in [-0.2, -0.15) is 0 Å². The number of benzene rings is 1. The largest absolute Gasteiger partial charge is 0.481 e. The van der Waals surface area contributed by atoms with E-state index in [1.165, 1.54) is 12.5 Å². The van der Waals surface area contributed by atoms with Gasteiger partial charge in [0, 0.05) is 48.3 Å². The second kappa shape index (κ2) is 16.0. The fourth-order valence-electron chi connectivity index (χ4n) is 4.54. The first-order chi connectivity index (χ1) is 20.6. The van der Waals surface area contributed by atoms with Crippen LogP contribution in [0.2, 0.25) is 0 Å². The topological polar surface area (TPSA) is 258 Å². The first-order valence-corrected chi connectivity index (χ1v) is 13.9. The van der Waals surface area contributed by atoms with Crippen LogP contribution in [0.15, 0.2) is 43.0 Å². The average Bonchev–Trinajstić information content (AvgIpc) is 3.64. The molecule has 15 heteroatoms. The molecule has 0 spiro atoms. The van der Waals surface area contributed by atoms with Crippen LogP contribution in [0.25, 0.3) is 10.9 Å². The van der Waals surface area contributed by atoms with E-state index in [9.17, 15) is 29.1 Å². The molecule has 3 rings (SSSR count). The maximum atomic E-state index is 13.5. The van der Waals surface area contributed by atoms with Crippen molar-refractivity contribution in [1.82, 2.24) is 30.9 Å². The van der Waals surface area contributed by atoms with E-state index < -0.39 is 53.8 Å². The summed E-state index contributed by atoms with van der Waals surface area (Å²) in [5.74, 6) is -4.52. The maximum absolute atomic E-state index is 13.5. The van der Waals surface area contributed by atoms with Crippen molar-refractivity contribution in [2.45, 2.75) is 69.1 Å². The first-order valence-electron chi connectivity index (χ1n) is 13.9. The molecule has 0 fully saturated rings. The summed E-state index contributed by atoms with van der Waals surface area (Å²) in [6.45, 7) is 0.360. The summed E-state index contributed by atoms with van der Waals surface area (Å²) in [6.07, 6.45) is 5.26. The number of carboxylic acids is 2. The fourth-order valence-corrected chi connectivity index (χ4v) is 4.54. The highest BCUT2D eigenvalue weighted by molar-refractivity contribution is 5.95. The molecular weight excluding hydrogens is 560 g/mol. The molecule has 0 aliphatic rings. The number of carbonyl (C=O) groups excluding carboxylic acids is 3. The summed E-state index contributed by atoms with van der Waals surface area (Å²) >= 11 is 0. The smallest absolute Gasteiger partial charge is 0.326 e. The molecule has 1 aromatic carbocycles. The van der Waals surface area contributed by atoms with Crippen LogP contribution in [0.4, 0.5) is 0 Å². The maximum Gasteiger partial charge on any atom is 0.326 e. The number of carboxylic acid groups (broad SMARTS) is 2. The van der Waals surface area contributed by atoms with Gasteiger partial charge in [-0.25, -0.2) is 9.78 Å². The molecule has 2 heterocycles. The Labute approximate surface area is 247 Å². The molecule has 3 amide bonds. The zero-order valence-corrected chi connectivity index (χ0v) is 23.5. The van der Waals surface area contributed by atoms with E-state index in [0.717, 1.165) is 10.9 Å². The zero-order chi connectivity index (χ0) is 31.4. The Morgan fingerprint density at radius 3 is 2.23 bits per heavy atom. The second-order valence-corrected chi connectivity index (χ2v) is 10.2. The van der Waals surface area contributed by atoms with Crippen LogP contribution in [0.1, 0.15) is 43.4 Å². The fraction of sp³-hybridized carbons (Fsp3) is 0.429. The summed E-state index contributed by atoms with van der Waals surface area (Å²) in [5, 5.41) is 27.3. The van der Waals surface area contributed by atoms with Gasteiger partial charge in [0.15, 0.2) is 0 Å². The molecule has 2 aromatic heterocycles. The van der Waals surface area contributed by atoms with Crippen molar-refractivity contribution >= 4 is 40.6 Å². The number of aromatic nitrogens is 3. The standard InChI is InChI=1S/C28H38N8O7/c29-10-4-3-7-21(34-25(39)19(30)8-9-24(37)38)26(40)35-22(11-16-13-32-20-6-2-1-5-18(16)20)27(41)36-23(28(42)43)12-17-14-31-15-33-17/h1-2,5-6,13-15,19,21-23,32H,3-4,7-12,29-30H2,(H,31,33)(H,34,39)(H,35,40)(H,36,41)(H,37,38)(H,42,43). The predicted octanol–water partition coefficient (Wildman–Crippen LogP) is -0.464. The molecule has 0 aliphatic carbocycles. The molecule has 11 N–H and O–H groups in total. The number of H-pyrrole nitrogens is 2. The summed E-state index contributed by atoms with van der Waals surface area (Å²) in [6, 6.07) is 2.58. The number of nitrogens with zero attached hydrogens (tertiary/aromatic N) is 1. The molecule has 43 heavy (non-hydrogen) atoms. The number of nitrogens with two attached hydrogens (primary N) is 2. The van der Waals surface area contributed by atoms with Crippen LogP contribution in [0.3, 0.4) is 0 Å². The Morgan fingerprint density at radius 2 is 1.56 bits per heavy atom. The molecule has 4 unspecified atom stereocenters. The highest BCUT2D eigenvalue weighted by Gasteiger charge is 2.31. The number of imidazole rings is 1. The monoisotopic (exact) mass is 598 g/mol. The number of aliphatic carboxylic acids is 2. The number of unbranched alkanes of at least 4 members (excludes halogenated alkanes) is 1. The van der Waals surface area contributed by atoms with Crippen LogP contribution in [-0.4, -0.2) is 85.5 Å². The van der Waals surface area contributed by atoms with Crippen LogP contribution in [0.5, 0.6) is 0 Å². The molecule has 0 aliphatic heterocycles. The summed E-state index contributed by atoms with van der Waals surface area (Å²) in [4.78, 5) is 72.5. The van der Waals surface area contributed by atoms with Crippen LogP contribution in [0, 0.1) is 0 Å². The Kier molecular flexibility index (Phi) is 12.2. The van der Waals surface area contributed by atoms with Gasteiger partial charge in [-0.05, 0) is 43.9 Å². The molecule has 0 radical (unpaired) electrons. The number of amides is 3. The van der Waals surface area contributed by atoms with Crippen molar-refractivity contribution in [3.8, 4) is 0 Å². The summed E-state index contributed by atoms with van der Waals surface area (Å²) < 4.78 is 0. The lowest BCUT2D eigenvalue weighted by atomic mass is 10.0. The third-order valence-electron chi connectivity index (χ3n) is 6.91. The van der Waals surface area contributed by atoms with Gasteiger partial charge in [-0.15, -0.1) is 0 Å². The minimum atomic E-state index is -1.32. The average molecular weight is 599 g/mol. The van der Waals surface area contributed by atoms with Gasteiger partial charge in [0.05, 0.1) is 12.4 Å². The van der Waals surface area contributed by atoms with Crippen molar-refractivity contribution < 1.29 is 34.2 Å². The Balaban J connectivity index is 1.83. The molecular formula is C28H38N8O7. The zero-order valence-electron chi connectivity index (χ0n) is 23.5. The normalized spacial score (nSPS) is 13.9. The number of nitrogens with one attached hydrogen (secondary N) is 5. The van der Waals surface area contributed by atoms with Crippen molar-refractivity contribution in [2.24, 2.45) is 11.5 Å². The van der Waals surface area contributed by atoms with E-state index in [2.05, 4.69) is 30.9 Å². The van der Waals surface area contributed by atoms with Gasteiger partial charge in [0.1, 0.15) is 18.1 Å². The number of hydrogen-bond donors (Lipinski definition) is 9. The highest BCUT2D eigenvalue weighted by atomic mass is 16.4. The summed E-state index contributed by atoms with van der Waals surface area (Å²) in [7, 11) is 0. The summed E-state index contributed by atoms with van der Waals surface area (Å²) in [5.41, 5.74) is 13.4. The quantitative estimate of drug-likeness (QED) is 0.0851. The van der Waals surface area contributed by atoms with E-state index in [1.807, 2.05) is 24.3 Å². The Hall–Kier alpha value is -4.76. The minimum absolute atomic E-state index is 0.0135. The van der Waals surface area contributed by atoms with E-state index >= 15 is 0 Å². The van der Waals surface area contributed by atoms with Gasteiger partial charge >= 0.3 is 11.9 Å². The molecule has 0 saturated heterocycles. The van der Waals surface area contributed by atoms with Crippen LogP contribution >= 0.6 is 0 Å². The highest BCUT2D eigenvalue weighted by Crippen LogP contribution is 2.19. The van der Waals surface area contributed by atoms with Crippen molar-refractivity contribution in [1.29, 1.82) is 0 Å². The molecule has 3 aromatic rings. The first kappa shape index (κ1) is 32.8. The Morgan fingerprint density at radius 1 is 0.860 bits per heavy atom. The van der Waals surface area contributed by atoms with E-state index in [1.54, 1.807) is 6.20 Å². The van der Waals surface area contributed by atoms with Crippen molar-refractivity contribution in [3.05, 3.63) is 54.2 Å². The van der Waals surface area contributed by atoms with Gasteiger partial charge in [0.25, 0.3) is 0 Å². The Bertz CT molecular complexity index is 1390. The number of carbonyl (C=O) groups is 5. The van der Waals surface area contributed by atoms with Crippen molar-refractivity contribution in [3.63, 3.8) is 0 Å². The third-order valence-corrected chi connectivity index (χ3v) is 6.91. The lowest BCUT2D eigenvalue weighted by molar-refractivity contribution is -0.142. The van der Waals surface area contributed by atoms with Gasteiger partial charge < -0.3 is 47.6 Å². The molecule has 4 atom stereocenters. The SMILES string of the molecule is NCCCCC(NC(=O)C(N)CCC(=O)O)C(=O)NC(Cc1c[nH]c2ccccc12)C(=O)NC(Cc1cnc[nH]1)C(=O)O. The third kappa shape index (κ3) is 9.93. The van der Waals surface area contributed by atoms with E-state index in [4.69, 9.17) is 16.6 Å². The lowest BCUT2D eigenvalue weighted by Crippen LogP contribution is -2.57. The minimum Gasteiger partial charge on any atom is -0.481 e. The van der Waals surface area contributed by atoms with Crippen LogP contribution < -0.4 is 27.4 Å². The van der Waals surface area contributed by atoms with Gasteiger partial charge in [-0.3, -0.25) is 19.2 Å². The van der Waals surface area contributed by atoms with Gasteiger partial charge in [-0.1, -0.05) is 18.2 Å². The number of para-hydroxylation sites is 1. The lowest BCUT2D eigenvalue weighted by Gasteiger charge is -2.25. The number of fused-ring (bicyclic) bond motifs is 1. The van der Waals surface area contributed by atoms with E-state index in [0.29, 0.717) is 30.6 Å². The second-order valence-electron chi connectivity index (χ2n) is 10.2. The number of hydrogen-bond acceptors (Lipinski definition) is 8. The van der Waals surface area contributed by atoms with Crippen LogP contribution in [-0.2, 0) is 36.8 Å². The molecule has 0 saturated carbocycles.